The summed E-state index contributed by atoms with van der Waals surface area (Å²) in [5.41, 5.74) is 12.6. The number of nitrogen functional groups attached to an aromatic ring is 1. The average Bonchev–Trinajstić information content (AvgIpc) is 2.84. The van der Waals surface area contributed by atoms with Crippen molar-refractivity contribution < 1.29 is 4.79 Å². The van der Waals surface area contributed by atoms with Crippen molar-refractivity contribution in [2.24, 2.45) is 5.73 Å². The summed E-state index contributed by atoms with van der Waals surface area (Å²) in [6, 6.07) is 5.28. The highest BCUT2D eigenvalue weighted by molar-refractivity contribution is 5.98. The Kier molecular flexibility index (Phi) is 4.04. The predicted octanol–water partition coefficient (Wildman–Crippen LogP) is 0.875. The van der Waals surface area contributed by atoms with Gasteiger partial charge in [-0.2, -0.15) is 0 Å². The zero-order valence-electron chi connectivity index (χ0n) is 10.5. The third-order valence-electron chi connectivity index (χ3n) is 3.27. The maximum Gasteiger partial charge on any atom is 0.250 e. The fourth-order valence-corrected chi connectivity index (χ4v) is 2.24. The van der Waals surface area contributed by atoms with Crippen molar-refractivity contribution in [3.05, 3.63) is 23.8 Å². The fraction of sp³-hybridized carbons (Fsp3) is 0.462. The highest BCUT2D eigenvalue weighted by atomic mass is 16.1. The highest BCUT2D eigenvalue weighted by Gasteiger charge is 2.10. The van der Waals surface area contributed by atoms with Gasteiger partial charge in [-0.25, -0.2) is 0 Å². The molecule has 5 heteroatoms. The zero-order chi connectivity index (χ0) is 13.0. The lowest BCUT2D eigenvalue weighted by Crippen LogP contribution is -2.26. The molecule has 2 rings (SSSR count). The van der Waals surface area contributed by atoms with Crippen LogP contribution < -0.4 is 16.8 Å². The molecule has 0 bridgehead atoms. The molecule has 0 atom stereocenters. The maximum absolute atomic E-state index is 11.2. The van der Waals surface area contributed by atoms with E-state index in [-0.39, 0.29) is 0 Å². The van der Waals surface area contributed by atoms with Crippen molar-refractivity contribution in [1.29, 1.82) is 0 Å². The number of benzene rings is 1. The number of nitrogens with two attached hydrogens (primary N) is 2. The molecule has 1 aromatic rings. The lowest BCUT2D eigenvalue weighted by atomic mass is 10.1. The van der Waals surface area contributed by atoms with E-state index in [0.29, 0.717) is 11.3 Å². The SMILES string of the molecule is NC(=O)c1cc(NCCN2CCCC2)ccc1N. The van der Waals surface area contributed by atoms with Crippen molar-refractivity contribution in [2.75, 3.05) is 37.2 Å². The normalized spacial score (nSPS) is 15.8. The largest absolute Gasteiger partial charge is 0.398 e. The van der Waals surface area contributed by atoms with Crippen LogP contribution in [0.2, 0.25) is 0 Å². The van der Waals surface area contributed by atoms with Crippen LogP contribution in [-0.4, -0.2) is 37.0 Å². The summed E-state index contributed by atoms with van der Waals surface area (Å²) in [6.07, 6.45) is 2.60. The number of primary amides is 1. The van der Waals surface area contributed by atoms with Gasteiger partial charge in [0.15, 0.2) is 0 Å². The summed E-state index contributed by atoms with van der Waals surface area (Å²) in [6.45, 7) is 4.27. The molecule has 0 unspecified atom stereocenters. The fourth-order valence-electron chi connectivity index (χ4n) is 2.24. The lowest BCUT2D eigenvalue weighted by Gasteiger charge is -2.15. The molecule has 0 saturated carbocycles. The molecule has 18 heavy (non-hydrogen) atoms. The number of carbonyl (C=O) groups is 1. The quantitative estimate of drug-likeness (QED) is 0.675. The predicted molar refractivity (Wildman–Crippen MR) is 73.5 cm³/mol. The Balaban J connectivity index is 1.88. The van der Waals surface area contributed by atoms with E-state index in [4.69, 9.17) is 11.5 Å². The van der Waals surface area contributed by atoms with E-state index in [9.17, 15) is 4.79 Å². The Morgan fingerprint density at radius 1 is 1.33 bits per heavy atom. The first kappa shape index (κ1) is 12.7. The Morgan fingerprint density at radius 3 is 2.72 bits per heavy atom. The number of rotatable bonds is 5. The first-order chi connectivity index (χ1) is 8.66. The first-order valence-corrected chi connectivity index (χ1v) is 6.32. The Hall–Kier alpha value is -1.75. The molecule has 1 heterocycles. The second kappa shape index (κ2) is 5.73. The van der Waals surface area contributed by atoms with Crippen molar-refractivity contribution in [3.63, 3.8) is 0 Å². The van der Waals surface area contributed by atoms with Crippen LogP contribution in [0.25, 0.3) is 0 Å². The van der Waals surface area contributed by atoms with Gasteiger partial charge < -0.3 is 21.7 Å². The number of anilines is 2. The molecule has 1 amide bonds. The van der Waals surface area contributed by atoms with Crippen LogP contribution in [-0.2, 0) is 0 Å². The molecule has 0 radical (unpaired) electrons. The monoisotopic (exact) mass is 248 g/mol. The zero-order valence-corrected chi connectivity index (χ0v) is 10.5. The first-order valence-electron chi connectivity index (χ1n) is 6.32. The van der Waals surface area contributed by atoms with Crippen LogP contribution in [0.4, 0.5) is 11.4 Å². The van der Waals surface area contributed by atoms with Gasteiger partial charge in [0.2, 0.25) is 0 Å². The van der Waals surface area contributed by atoms with Gasteiger partial charge in [-0.1, -0.05) is 0 Å². The number of carbonyl (C=O) groups excluding carboxylic acids is 1. The van der Waals surface area contributed by atoms with Gasteiger partial charge in [-0.15, -0.1) is 0 Å². The molecular weight excluding hydrogens is 228 g/mol. The summed E-state index contributed by atoms with van der Waals surface area (Å²) in [4.78, 5) is 13.6. The van der Waals surface area contributed by atoms with Gasteiger partial charge in [-0.3, -0.25) is 4.79 Å². The molecule has 98 valence electrons. The molecule has 1 fully saturated rings. The van der Waals surface area contributed by atoms with Crippen molar-refractivity contribution >= 4 is 17.3 Å². The van der Waals surface area contributed by atoms with Gasteiger partial charge in [0.05, 0.1) is 5.56 Å². The number of amides is 1. The molecule has 1 aliphatic heterocycles. The molecular formula is C13H20N4O. The van der Waals surface area contributed by atoms with Crippen LogP contribution in [0.5, 0.6) is 0 Å². The smallest absolute Gasteiger partial charge is 0.250 e. The standard InChI is InChI=1S/C13H20N4O/c14-12-4-3-10(9-11(12)13(15)18)16-5-8-17-6-1-2-7-17/h3-4,9,16H,1-2,5-8,14H2,(H2,15,18). The van der Waals surface area contributed by atoms with E-state index in [1.54, 1.807) is 12.1 Å². The average molecular weight is 248 g/mol. The number of nitrogens with one attached hydrogen (secondary N) is 1. The van der Waals surface area contributed by atoms with Crippen LogP contribution in [0.15, 0.2) is 18.2 Å². The molecule has 0 spiro atoms. The Morgan fingerprint density at radius 2 is 2.06 bits per heavy atom. The van der Waals surface area contributed by atoms with Crippen LogP contribution >= 0.6 is 0 Å². The summed E-state index contributed by atoms with van der Waals surface area (Å²) < 4.78 is 0. The molecule has 1 saturated heterocycles. The Bertz CT molecular complexity index is 427. The van der Waals surface area contributed by atoms with E-state index in [1.807, 2.05) is 6.07 Å². The summed E-state index contributed by atoms with van der Waals surface area (Å²) in [5, 5.41) is 3.29. The van der Waals surface area contributed by atoms with E-state index >= 15 is 0 Å². The number of likely N-dealkylation sites (tertiary alicyclic amines) is 1. The summed E-state index contributed by atoms with van der Waals surface area (Å²) >= 11 is 0. The van der Waals surface area contributed by atoms with Gasteiger partial charge in [-0.05, 0) is 44.1 Å². The van der Waals surface area contributed by atoms with E-state index in [0.717, 1.165) is 18.8 Å². The van der Waals surface area contributed by atoms with Gasteiger partial charge >= 0.3 is 0 Å². The lowest BCUT2D eigenvalue weighted by molar-refractivity contribution is 0.100. The summed E-state index contributed by atoms with van der Waals surface area (Å²) in [5.74, 6) is -0.490. The number of hydrogen-bond donors (Lipinski definition) is 3. The highest BCUT2D eigenvalue weighted by Crippen LogP contribution is 2.17. The van der Waals surface area contributed by atoms with Crippen LogP contribution in [0, 0.1) is 0 Å². The van der Waals surface area contributed by atoms with Crippen molar-refractivity contribution in [1.82, 2.24) is 4.90 Å². The Labute approximate surface area is 107 Å². The van der Waals surface area contributed by atoms with E-state index in [2.05, 4.69) is 10.2 Å². The second-order valence-electron chi connectivity index (χ2n) is 4.64. The minimum absolute atomic E-state index is 0.376. The minimum atomic E-state index is -0.490. The van der Waals surface area contributed by atoms with Crippen molar-refractivity contribution in [3.8, 4) is 0 Å². The van der Waals surface area contributed by atoms with Gasteiger partial charge in [0.25, 0.3) is 5.91 Å². The van der Waals surface area contributed by atoms with E-state index < -0.39 is 5.91 Å². The minimum Gasteiger partial charge on any atom is -0.398 e. The molecule has 0 aromatic heterocycles. The third kappa shape index (κ3) is 3.13. The van der Waals surface area contributed by atoms with E-state index in [1.165, 1.54) is 25.9 Å². The molecule has 5 nitrogen and oxygen atoms in total. The van der Waals surface area contributed by atoms with Gasteiger partial charge in [0.1, 0.15) is 0 Å². The van der Waals surface area contributed by atoms with Crippen LogP contribution in [0.3, 0.4) is 0 Å². The maximum atomic E-state index is 11.2. The molecule has 0 aliphatic carbocycles. The number of nitrogens with zero attached hydrogens (tertiary/aromatic N) is 1. The molecule has 5 N–H and O–H groups in total. The third-order valence-corrected chi connectivity index (χ3v) is 3.27. The molecule has 1 aromatic carbocycles. The second-order valence-corrected chi connectivity index (χ2v) is 4.64. The summed E-state index contributed by atoms with van der Waals surface area (Å²) in [7, 11) is 0. The van der Waals surface area contributed by atoms with Crippen molar-refractivity contribution in [2.45, 2.75) is 12.8 Å². The number of hydrogen-bond acceptors (Lipinski definition) is 4. The molecule has 1 aliphatic rings. The topological polar surface area (TPSA) is 84.4 Å². The van der Waals surface area contributed by atoms with Gasteiger partial charge in [0, 0.05) is 24.5 Å². The van der Waals surface area contributed by atoms with Crippen LogP contribution in [0.1, 0.15) is 23.2 Å².